The van der Waals surface area contributed by atoms with Crippen molar-refractivity contribution in [2.45, 2.75) is 33.2 Å². The molecule has 0 fully saturated rings. The third kappa shape index (κ3) is 3.24. The fourth-order valence-electron chi connectivity index (χ4n) is 1.22. The quantitative estimate of drug-likeness (QED) is 0.926. The molecule has 1 amide bonds. The molecule has 0 spiro atoms. The molecule has 0 saturated carbocycles. The molecular weight excluding hydrogens is 273 g/mol. The predicted molar refractivity (Wildman–Crippen MR) is 73.4 cm³/mol. The zero-order valence-electron chi connectivity index (χ0n) is 10.7. The third-order valence-electron chi connectivity index (χ3n) is 2.85. The lowest BCUT2D eigenvalue weighted by Gasteiger charge is -2.23. The summed E-state index contributed by atoms with van der Waals surface area (Å²) in [5.41, 5.74) is 0.145. The van der Waals surface area contributed by atoms with Gasteiger partial charge in [-0.2, -0.15) is 0 Å². The number of benzene rings is 1. The van der Waals surface area contributed by atoms with Gasteiger partial charge >= 0.3 is 0 Å². The summed E-state index contributed by atoms with van der Waals surface area (Å²) in [7, 11) is 0. The summed E-state index contributed by atoms with van der Waals surface area (Å²) in [5, 5.41) is 3.49. The number of carbonyl (C=O) groups is 2. The molecule has 0 unspecified atom stereocenters. The summed E-state index contributed by atoms with van der Waals surface area (Å²) in [6.07, 6.45) is 0. The third-order valence-corrected chi connectivity index (χ3v) is 3.63. The Kier molecular flexibility index (Phi) is 4.41. The number of amides is 1. The average molecular weight is 288 g/mol. The second kappa shape index (κ2) is 5.29. The van der Waals surface area contributed by atoms with E-state index in [4.69, 9.17) is 23.2 Å². The van der Waals surface area contributed by atoms with Crippen LogP contribution in [0.3, 0.4) is 0 Å². The Balaban J connectivity index is 3.03. The van der Waals surface area contributed by atoms with Gasteiger partial charge in [0.25, 0.3) is 5.91 Å². The van der Waals surface area contributed by atoms with E-state index in [1.165, 1.54) is 19.1 Å². The van der Waals surface area contributed by atoms with E-state index in [0.717, 1.165) is 5.56 Å². The van der Waals surface area contributed by atoms with E-state index in [2.05, 4.69) is 5.32 Å². The Labute approximate surface area is 116 Å². The summed E-state index contributed by atoms with van der Waals surface area (Å²) < 4.78 is 0. The fraction of sp³-hybridized carbons (Fsp3) is 0.385. The number of rotatable bonds is 3. The molecule has 0 aliphatic rings. The van der Waals surface area contributed by atoms with Gasteiger partial charge in [-0.15, -0.1) is 0 Å². The van der Waals surface area contributed by atoms with E-state index in [0.29, 0.717) is 15.6 Å². The summed E-state index contributed by atoms with van der Waals surface area (Å²) in [6.45, 7) is 6.48. The van der Waals surface area contributed by atoms with Crippen LogP contribution in [0.4, 0.5) is 0 Å². The number of halogens is 2. The lowest BCUT2D eigenvalue weighted by Crippen LogP contribution is -2.48. The minimum absolute atomic E-state index is 0.125. The number of Topliss-reactive ketones (excluding diaryl/α,β-unsaturated/α-hetero) is 1. The first kappa shape index (κ1) is 15.0. The number of hydrogen-bond acceptors (Lipinski definition) is 2. The predicted octanol–water partition coefficient (Wildman–Crippen LogP) is 3.40. The molecule has 1 aromatic rings. The molecule has 1 aromatic carbocycles. The van der Waals surface area contributed by atoms with Gasteiger partial charge in [-0.1, -0.05) is 23.2 Å². The van der Waals surface area contributed by atoms with Crippen molar-refractivity contribution in [3.05, 3.63) is 33.3 Å². The van der Waals surface area contributed by atoms with Crippen molar-refractivity contribution < 1.29 is 9.59 Å². The lowest BCUT2D eigenvalue weighted by molar-refractivity contribution is -0.121. The first-order valence-electron chi connectivity index (χ1n) is 5.44. The fourth-order valence-corrected chi connectivity index (χ4v) is 1.71. The van der Waals surface area contributed by atoms with Crippen LogP contribution >= 0.6 is 23.2 Å². The highest BCUT2D eigenvalue weighted by atomic mass is 35.5. The average Bonchev–Trinajstić information content (AvgIpc) is 2.24. The molecule has 0 aliphatic carbocycles. The van der Waals surface area contributed by atoms with E-state index in [9.17, 15) is 9.59 Å². The minimum Gasteiger partial charge on any atom is -0.340 e. The zero-order chi connectivity index (χ0) is 14.1. The number of hydrogen-bond donors (Lipinski definition) is 1. The van der Waals surface area contributed by atoms with Crippen molar-refractivity contribution in [3.8, 4) is 0 Å². The molecule has 18 heavy (non-hydrogen) atoms. The highest BCUT2D eigenvalue weighted by Gasteiger charge is 2.26. The molecule has 0 aliphatic heterocycles. The zero-order valence-corrected chi connectivity index (χ0v) is 12.2. The van der Waals surface area contributed by atoms with Gasteiger partial charge in [0.05, 0.1) is 5.54 Å². The first-order valence-corrected chi connectivity index (χ1v) is 6.20. The minimum atomic E-state index is -0.916. The van der Waals surface area contributed by atoms with Gasteiger partial charge in [-0.3, -0.25) is 9.59 Å². The molecule has 0 heterocycles. The summed E-state index contributed by atoms with van der Waals surface area (Å²) in [5.74, 6) is -0.501. The molecule has 3 nitrogen and oxygen atoms in total. The largest absolute Gasteiger partial charge is 0.340 e. The van der Waals surface area contributed by atoms with Gasteiger partial charge in [0.15, 0.2) is 5.78 Å². The van der Waals surface area contributed by atoms with Crippen LogP contribution < -0.4 is 5.32 Å². The monoisotopic (exact) mass is 287 g/mol. The van der Waals surface area contributed by atoms with Crippen molar-refractivity contribution in [2.75, 3.05) is 0 Å². The maximum absolute atomic E-state index is 12.0. The van der Waals surface area contributed by atoms with E-state index < -0.39 is 5.54 Å². The van der Waals surface area contributed by atoms with E-state index in [1.807, 2.05) is 0 Å². The summed E-state index contributed by atoms with van der Waals surface area (Å²) in [4.78, 5) is 23.4. The van der Waals surface area contributed by atoms with Crippen LogP contribution in [-0.2, 0) is 4.79 Å². The van der Waals surface area contributed by atoms with Crippen LogP contribution in [0.1, 0.15) is 36.7 Å². The van der Waals surface area contributed by atoms with Crippen LogP contribution in [-0.4, -0.2) is 17.2 Å². The van der Waals surface area contributed by atoms with E-state index >= 15 is 0 Å². The van der Waals surface area contributed by atoms with E-state index in [-0.39, 0.29) is 11.7 Å². The van der Waals surface area contributed by atoms with Gasteiger partial charge in [0, 0.05) is 15.6 Å². The van der Waals surface area contributed by atoms with Gasteiger partial charge in [-0.05, 0) is 45.4 Å². The smallest absolute Gasteiger partial charge is 0.252 e. The van der Waals surface area contributed by atoms with Crippen molar-refractivity contribution in [1.82, 2.24) is 5.32 Å². The summed E-state index contributed by atoms with van der Waals surface area (Å²) in [6, 6.07) is 3.07. The Bertz CT molecular complexity index is 487. The van der Waals surface area contributed by atoms with Gasteiger partial charge in [-0.25, -0.2) is 0 Å². The molecule has 1 N–H and O–H groups in total. The maximum atomic E-state index is 12.0. The highest BCUT2D eigenvalue weighted by molar-refractivity contribution is 6.36. The van der Waals surface area contributed by atoms with Crippen LogP contribution in [0.15, 0.2) is 12.1 Å². The molecule has 0 bridgehead atoms. The Morgan fingerprint density at radius 1 is 1.17 bits per heavy atom. The topological polar surface area (TPSA) is 46.2 Å². The molecule has 0 saturated heterocycles. The molecule has 98 valence electrons. The first-order chi connectivity index (χ1) is 8.15. The van der Waals surface area contributed by atoms with Crippen LogP contribution in [0.5, 0.6) is 0 Å². The second-order valence-electron chi connectivity index (χ2n) is 4.70. The van der Waals surface area contributed by atoms with Crippen LogP contribution in [0.25, 0.3) is 0 Å². The molecule has 5 heteroatoms. The Hall–Kier alpha value is -1.06. The number of carbonyl (C=O) groups excluding carboxylic acids is 2. The van der Waals surface area contributed by atoms with Gasteiger partial charge < -0.3 is 5.32 Å². The SMILES string of the molecule is CC(=O)C(C)(C)NC(=O)c1cc(Cl)c(C)c(Cl)c1. The number of nitrogens with one attached hydrogen (secondary N) is 1. The van der Waals surface area contributed by atoms with Crippen LogP contribution in [0.2, 0.25) is 10.0 Å². The molecule has 0 aromatic heterocycles. The summed E-state index contributed by atoms with van der Waals surface area (Å²) >= 11 is 11.9. The van der Waals surface area contributed by atoms with Crippen LogP contribution in [0, 0.1) is 6.92 Å². The van der Waals surface area contributed by atoms with Crippen molar-refractivity contribution in [1.29, 1.82) is 0 Å². The maximum Gasteiger partial charge on any atom is 0.252 e. The Morgan fingerprint density at radius 3 is 2.00 bits per heavy atom. The van der Waals surface area contributed by atoms with Gasteiger partial charge in [0.1, 0.15) is 0 Å². The van der Waals surface area contributed by atoms with Gasteiger partial charge in [0.2, 0.25) is 0 Å². The molecule has 1 rings (SSSR count). The highest BCUT2D eigenvalue weighted by Crippen LogP contribution is 2.25. The number of ketones is 1. The van der Waals surface area contributed by atoms with Crippen molar-refractivity contribution in [2.24, 2.45) is 0 Å². The Morgan fingerprint density at radius 2 is 1.61 bits per heavy atom. The van der Waals surface area contributed by atoms with Crippen molar-refractivity contribution >= 4 is 34.9 Å². The van der Waals surface area contributed by atoms with Crippen molar-refractivity contribution in [3.63, 3.8) is 0 Å². The second-order valence-corrected chi connectivity index (χ2v) is 5.51. The molecule has 0 atom stereocenters. The lowest BCUT2D eigenvalue weighted by atomic mass is 9.99. The molecular formula is C13H15Cl2NO2. The standard InChI is InChI=1S/C13H15Cl2NO2/c1-7-10(14)5-9(6-11(7)15)12(18)16-13(3,4)8(2)17/h5-6H,1-4H3,(H,16,18). The van der Waals surface area contributed by atoms with E-state index in [1.54, 1.807) is 20.8 Å². The normalized spacial score (nSPS) is 11.2. The molecule has 0 radical (unpaired) electrons.